The number of nitrogens with zero attached hydrogens (tertiary/aromatic N) is 4. The van der Waals surface area contributed by atoms with Gasteiger partial charge in [0, 0.05) is 6.20 Å². The van der Waals surface area contributed by atoms with Gasteiger partial charge in [0.05, 0.1) is 10.0 Å². The zero-order chi connectivity index (χ0) is 11.7. The van der Waals surface area contributed by atoms with Crippen molar-refractivity contribution in [3.05, 3.63) is 28.1 Å². The van der Waals surface area contributed by atoms with E-state index in [0.717, 1.165) is 0 Å². The van der Waals surface area contributed by atoms with Crippen molar-refractivity contribution in [1.29, 1.82) is 0 Å². The van der Waals surface area contributed by atoms with Crippen molar-refractivity contribution in [2.75, 3.05) is 5.73 Å². The summed E-state index contributed by atoms with van der Waals surface area (Å²) < 4.78 is 0. The summed E-state index contributed by atoms with van der Waals surface area (Å²) >= 11 is 11.7. The molecule has 2 aromatic heterocycles. The highest BCUT2D eigenvalue weighted by Gasteiger charge is 2.10. The molecule has 2 N–H and O–H groups in total. The van der Waals surface area contributed by atoms with Gasteiger partial charge in [0.15, 0.2) is 5.82 Å². The Morgan fingerprint density at radius 3 is 2.56 bits per heavy atom. The Bertz CT molecular complexity index is 523. The Morgan fingerprint density at radius 1 is 1.19 bits per heavy atom. The summed E-state index contributed by atoms with van der Waals surface area (Å²) in [5.74, 6) is 0.984. The molecule has 0 saturated heterocycles. The molecule has 2 rings (SSSR count). The maximum absolute atomic E-state index is 5.98. The van der Waals surface area contributed by atoms with Gasteiger partial charge in [-0.25, -0.2) is 9.97 Å². The molecule has 2 aromatic rings. The van der Waals surface area contributed by atoms with Gasteiger partial charge in [-0.1, -0.05) is 23.2 Å². The molecule has 5 nitrogen and oxygen atoms in total. The molecule has 0 unspecified atom stereocenters. The van der Waals surface area contributed by atoms with E-state index in [1.807, 2.05) is 0 Å². The van der Waals surface area contributed by atoms with Crippen molar-refractivity contribution in [3.8, 4) is 11.5 Å². The largest absolute Gasteiger partial charge is 0.368 e. The van der Waals surface area contributed by atoms with Crippen LogP contribution in [0.25, 0.3) is 11.5 Å². The molecule has 0 aromatic carbocycles. The molecular weight excluding hydrogens is 249 g/mol. The van der Waals surface area contributed by atoms with Crippen molar-refractivity contribution < 1.29 is 0 Å². The maximum atomic E-state index is 5.98. The Kier molecular flexibility index (Phi) is 2.89. The summed E-state index contributed by atoms with van der Waals surface area (Å²) in [6.45, 7) is 1.71. The number of hydrogen-bond acceptors (Lipinski definition) is 5. The van der Waals surface area contributed by atoms with Crippen LogP contribution in [0.15, 0.2) is 12.3 Å². The normalized spacial score (nSPS) is 10.4. The third kappa shape index (κ3) is 2.20. The highest BCUT2D eigenvalue weighted by atomic mass is 35.5. The molecular formula is C9H7Cl2N5. The maximum Gasteiger partial charge on any atom is 0.223 e. The third-order valence-corrected chi connectivity index (χ3v) is 2.28. The molecule has 0 bridgehead atoms. The summed E-state index contributed by atoms with van der Waals surface area (Å²) in [5, 5.41) is 0.824. The monoisotopic (exact) mass is 255 g/mol. The fourth-order valence-electron chi connectivity index (χ4n) is 1.19. The van der Waals surface area contributed by atoms with Gasteiger partial charge in [-0.2, -0.15) is 9.97 Å². The predicted molar refractivity (Wildman–Crippen MR) is 62.2 cm³/mol. The number of anilines is 1. The molecule has 0 spiro atoms. The Labute approximate surface area is 102 Å². The van der Waals surface area contributed by atoms with E-state index in [-0.39, 0.29) is 5.95 Å². The topological polar surface area (TPSA) is 77.6 Å². The molecule has 0 saturated carbocycles. The zero-order valence-corrected chi connectivity index (χ0v) is 9.79. The summed E-state index contributed by atoms with van der Waals surface area (Å²) in [6.07, 6.45) is 1.47. The number of halogens is 2. The smallest absolute Gasteiger partial charge is 0.223 e. The van der Waals surface area contributed by atoms with Crippen molar-refractivity contribution in [2.24, 2.45) is 0 Å². The molecule has 0 aliphatic heterocycles. The van der Waals surface area contributed by atoms with Gasteiger partial charge in [0.1, 0.15) is 11.5 Å². The van der Waals surface area contributed by atoms with Crippen molar-refractivity contribution in [3.63, 3.8) is 0 Å². The average Bonchev–Trinajstić information content (AvgIpc) is 2.15. The lowest BCUT2D eigenvalue weighted by molar-refractivity contribution is 0.988. The van der Waals surface area contributed by atoms with Crippen LogP contribution >= 0.6 is 23.2 Å². The summed E-state index contributed by atoms with van der Waals surface area (Å²) in [6, 6.07) is 1.57. The van der Waals surface area contributed by atoms with Crippen LogP contribution in [-0.2, 0) is 0 Å². The fraction of sp³-hybridized carbons (Fsp3) is 0.111. The van der Waals surface area contributed by atoms with Crippen molar-refractivity contribution in [2.45, 2.75) is 6.92 Å². The van der Waals surface area contributed by atoms with Crippen molar-refractivity contribution >= 4 is 29.2 Å². The summed E-state index contributed by atoms with van der Waals surface area (Å²) in [7, 11) is 0. The van der Waals surface area contributed by atoms with E-state index in [9.17, 15) is 0 Å². The van der Waals surface area contributed by atoms with Crippen LogP contribution in [0.4, 0.5) is 5.95 Å². The number of aryl methyl sites for hydroxylation is 1. The zero-order valence-electron chi connectivity index (χ0n) is 8.28. The number of nitrogen functional groups attached to an aromatic ring is 1. The number of rotatable bonds is 1. The molecule has 16 heavy (non-hydrogen) atoms. The molecule has 0 radical (unpaired) electrons. The highest BCUT2D eigenvalue weighted by molar-refractivity contribution is 6.35. The van der Waals surface area contributed by atoms with E-state index >= 15 is 0 Å². The second kappa shape index (κ2) is 4.19. The first-order valence-electron chi connectivity index (χ1n) is 4.36. The second-order valence-corrected chi connectivity index (χ2v) is 3.89. The first kappa shape index (κ1) is 11.0. The van der Waals surface area contributed by atoms with Gasteiger partial charge in [-0.3, -0.25) is 0 Å². The minimum atomic E-state index is 0.135. The van der Waals surface area contributed by atoms with Crippen LogP contribution in [0.3, 0.4) is 0 Å². The molecule has 0 fully saturated rings. The molecule has 0 atom stereocenters. The summed E-state index contributed by atoms with van der Waals surface area (Å²) in [5.41, 5.74) is 5.95. The van der Waals surface area contributed by atoms with E-state index in [1.165, 1.54) is 6.20 Å². The number of pyridine rings is 1. The van der Waals surface area contributed by atoms with Crippen LogP contribution in [0.5, 0.6) is 0 Å². The summed E-state index contributed by atoms with van der Waals surface area (Å²) in [4.78, 5) is 16.0. The highest BCUT2D eigenvalue weighted by Crippen LogP contribution is 2.25. The molecule has 0 amide bonds. The van der Waals surface area contributed by atoms with Gasteiger partial charge in [0.25, 0.3) is 0 Å². The SMILES string of the molecule is Cc1nc(N)nc(-c2ncc(Cl)cc2Cl)n1. The van der Waals surface area contributed by atoms with E-state index in [4.69, 9.17) is 28.9 Å². The standard InChI is InChI=1S/C9H7Cl2N5/c1-4-14-8(16-9(12)15-4)7-6(11)2-5(10)3-13-7/h2-3H,1H3,(H2,12,14,15,16). The molecule has 82 valence electrons. The van der Waals surface area contributed by atoms with E-state index in [0.29, 0.717) is 27.4 Å². The van der Waals surface area contributed by atoms with E-state index in [1.54, 1.807) is 13.0 Å². The van der Waals surface area contributed by atoms with Gasteiger partial charge in [-0.15, -0.1) is 0 Å². The molecule has 2 heterocycles. The van der Waals surface area contributed by atoms with Crippen LogP contribution in [0.2, 0.25) is 10.0 Å². The number of nitrogens with two attached hydrogens (primary N) is 1. The lowest BCUT2D eigenvalue weighted by Crippen LogP contribution is -2.03. The first-order valence-corrected chi connectivity index (χ1v) is 5.11. The van der Waals surface area contributed by atoms with Crippen LogP contribution in [0.1, 0.15) is 5.82 Å². The average molecular weight is 256 g/mol. The quantitative estimate of drug-likeness (QED) is 0.845. The Balaban J connectivity index is 2.58. The number of aromatic nitrogens is 4. The van der Waals surface area contributed by atoms with Crippen LogP contribution in [0, 0.1) is 6.92 Å². The minimum absolute atomic E-state index is 0.135. The van der Waals surface area contributed by atoms with Crippen LogP contribution < -0.4 is 5.73 Å². The third-order valence-electron chi connectivity index (χ3n) is 1.78. The van der Waals surface area contributed by atoms with Crippen molar-refractivity contribution in [1.82, 2.24) is 19.9 Å². The first-order chi connectivity index (χ1) is 7.56. The van der Waals surface area contributed by atoms with Crippen LogP contribution in [-0.4, -0.2) is 19.9 Å². The minimum Gasteiger partial charge on any atom is -0.368 e. The van der Waals surface area contributed by atoms with Gasteiger partial charge < -0.3 is 5.73 Å². The molecule has 0 aliphatic carbocycles. The Morgan fingerprint density at radius 2 is 1.94 bits per heavy atom. The fourth-order valence-corrected chi connectivity index (χ4v) is 1.65. The molecule has 0 aliphatic rings. The molecule has 7 heteroatoms. The van der Waals surface area contributed by atoms with Gasteiger partial charge in [-0.05, 0) is 13.0 Å². The van der Waals surface area contributed by atoms with Gasteiger partial charge >= 0.3 is 0 Å². The number of hydrogen-bond donors (Lipinski definition) is 1. The second-order valence-electron chi connectivity index (χ2n) is 3.05. The lowest BCUT2D eigenvalue weighted by atomic mass is 10.3. The van der Waals surface area contributed by atoms with E-state index in [2.05, 4.69) is 19.9 Å². The Hall–Kier alpha value is -1.46. The lowest BCUT2D eigenvalue weighted by Gasteiger charge is -2.03. The van der Waals surface area contributed by atoms with E-state index < -0.39 is 0 Å². The van der Waals surface area contributed by atoms with Gasteiger partial charge in [0.2, 0.25) is 5.95 Å². The predicted octanol–water partition coefficient (Wildman–Crippen LogP) is 2.13.